The van der Waals surface area contributed by atoms with Crippen LogP contribution in [0.2, 0.25) is 5.02 Å². The van der Waals surface area contributed by atoms with Crippen molar-refractivity contribution in [3.63, 3.8) is 0 Å². The van der Waals surface area contributed by atoms with Crippen LogP contribution in [0.5, 0.6) is 0 Å². The minimum atomic E-state index is -0.220. The van der Waals surface area contributed by atoms with E-state index >= 15 is 0 Å². The summed E-state index contributed by atoms with van der Waals surface area (Å²) in [7, 11) is 2.02. The van der Waals surface area contributed by atoms with Crippen molar-refractivity contribution in [2.75, 3.05) is 33.2 Å². The number of carbonyl (C=O) groups excluding carboxylic acids is 1. The molecule has 1 fully saturated rings. The zero-order chi connectivity index (χ0) is 15.9. The number of amides is 1. The maximum Gasteiger partial charge on any atom is 0.266 e. The van der Waals surface area contributed by atoms with Crippen molar-refractivity contribution in [2.45, 2.75) is 6.54 Å². The van der Waals surface area contributed by atoms with Crippen LogP contribution in [0.15, 0.2) is 36.0 Å². The van der Waals surface area contributed by atoms with Crippen LogP contribution >= 0.6 is 11.6 Å². The Morgan fingerprint density at radius 1 is 1.36 bits per heavy atom. The standard InChI is InChI=1S/C16H19ClN4O/c1-20-6-8-21(9-7-20)16(22)14(10-18)12-19-11-13-4-2-3-5-15(13)17/h2-5,12,19H,6-9,11H2,1H3/b14-12-. The molecule has 0 bridgehead atoms. The first-order chi connectivity index (χ1) is 10.6. The van der Waals surface area contributed by atoms with E-state index in [-0.39, 0.29) is 11.5 Å². The number of hydrogen-bond acceptors (Lipinski definition) is 4. The molecule has 0 spiro atoms. The maximum absolute atomic E-state index is 12.3. The van der Waals surface area contributed by atoms with Crippen LogP contribution in [0, 0.1) is 11.3 Å². The second kappa shape index (κ2) is 7.83. The Hall–Kier alpha value is -2.03. The van der Waals surface area contributed by atoms with E-state index in [4.69, 9.17) is 11.6 Å². The number of nitriles is 1. The lowest BCUT2D eigenvalue weighted by Gasteiger charge is -2.32. The van der Waals surface area contributed by atoms with E-state index in [0.29, 0.717) is 24.7 Å². The van der Waals surface area contributed by atoms with Crippen molar-refractivity contribution in [1.82, 2.24) is 15.1 Å². The van der Waals surface area contributed by atoms with Crippen LogP contribution in [0.25, 0.3) is 0 Å². The topological polar surface area (TPSA) is 59.4 Å². The van der Waals surface area contributed by atoms with Crippen LogP contribution in [0.3, 0.4) is 0 Å². The van der Waals surface area contributed by atoms with E-state index in [1.54, 1.807) is 4.90 Å². The summed E-state index contributed by atoms with van der Waals surface area (Å²) in [5, 5.41) is 12.8. The highest BCUT2D eigenvalue weighted by molar-refractivity contribution is 6.31. The maximum atomic E-state index is 12.3. The minimum absolute atomic E-state index is 0.122. The van der Waals surface area contributed by atoms with Gasteiger partial charge >= 0.3 is 0 Å². The minimum Gasteiger partial charge on any atom is -0.386 e. The molecule has 1 aromatic rings. The first-order valence-corrected chi connectivity index (χ1v) is 7.54. The van der Waals surface area contributed by atoms with Crippen LogP contribution < -0.4 is 5.32 Å². The molecule has 1 aliphatic heterocycles. The Kier molecular flexibility index (Phi) is 5.82. The quantitative estimate of drug-likeness (QED) is 0.677. The molecule has 0 radical (unpaired) electrons. The number of halogens is 1. The second-order valence-electron chi connectivity index (χ2n) is 5.24. The third-order valence-electron chi connectivity index (χ3n) is 3.64. The van der Waals surface area contributed by atoms with Gasteiger partial charge in [0, 0.05) is 43.9 Å². The lowest BCUT2D eigenvalue weighted by atomic mass is 10.2. The highest BCUT2D eigenvalue weighted by atomic mass is 35.5. The summed E-state index contributed by atoms with van der Waals surface area (Å²) in [6.45, 7) is 3.44. The summed E-state index contributed by atoms with van der Waals surface area (Å²) >= 11 is 6.07. The highest BCUT2D eigenvalue weighted by Crippen LogP contribution is 2.14. The Bertz CT molecular complexity index is 600. The third-order valence-corrected chi connectivity index (χ3v) is 4.01. The van der Waals surface area contributed by atoms with Gasteiger partial charge < -0.3 is 15.1 Å². The van der Waals surface area contributed by atoms with E-state index in [1.165, 1.54) is 6.20 Å². The van der Waals surface area contributed by atoms with E-state index in [1.807, 2.05) is 37.4 Å². The van der Waals surface area contributed by atoms with Gasteiger partial charge in [0.05, 0.1) is 0 Å². The van der Waals surface area contributed by atoms with Gasteiger partial charge in [-0.2, -0.15) is 5.26 Å². The van der Waals surface area contributed by atoms with E-state index in [2.05, 4.69) is 10.2 Å². The number of benzene rings is 1. The molecule has 1 aliphatic rings. The predicted molar refractivity (Wildman–Crippen MR) is 86.1 cm³/mol. The van der Waals surface area contributed by atoms with Crippen LogP contribution in [-0.4, -0.2) is 48.9 Å². The van der Waals surface area contributed by atoms with Gasteiger partial charge in [-0.05, 0) is 18.7 Å². The molecule has 1 amide bonds. The Morgan fingerprint density at radius 3 is 2.68 bits per heavy atom. The number of likely N-dealkylation sites (N-methyl/N-ethyl adjacent to an activating group) is 1. The number of carbonyl (C=O) groups is 1. The van der Waals surface area contributed by atoms with Crippen LogP contribution in [-0.2, 0) is 11.3 Å². The summed E-state index contributed by atoms with van der Waals surface area (Å²) in [5.41, 5.74) is 1.04. The van der Waals surface area contributed by atoms with Gasteiger partial charge in [-0.25, -0.2) is 0 Å². The van der Waals surface area contributed by atoms with E-state index in [9.17, 15) is 10.1 Å². The number of hydrogen-bond donors (Lipinski definition) is 1. The SMILES string of the molecule is CN1CCN(C(=O)/C(C#N)=C\NCc2ccccc2Cl)CC1. The van der Waals surface area contributed by atoms with Gasteiger partial charge in [0.25, 0.3) is 5.91 Å². The van der Waals surface area contributed by atoms with Gasteiger partial charge in [-0.3, -0.25) is 4.79 Å². The highest BCUT2D eigenvalue weighted by Gasteiger charge is 2.21. The molecule has 22 heavy (non-hydrogen) atoms. The molecular formula is C16H19ClN4O. The second-order valence-corrected chi connectivity index (χ2v) is 5.64. The summed E-state index contributed by atoms with van der Waals surface area (Å²) in [6, 6.07) is 9.44. The molecule has 116 valence electrons. The van der Waals surface area contributed by atoms with Crippen LogP contribution in [0.4, 0.5) is 0 Å². The smallest absolute Gasteiger partial charge is 0.266 e. The zero-order valence-corrected chi connectivity index (χ0v) is 13.3. The molecule has 6 heteroatoms. The van der Waals surface area contributed by atoms with Crippen molar-refractivity contribution in [3.8, 4) is 6.07 Å². The molecule has 2 rings (SSSR count). The first-order valence-electron chi connectivity index (χ1n) is 7.16. The monoisotopic (exact) mass is 318 g/mol. The molecule has 0 aromatic heterocycles. The van der Waals surface area contributed by atoms with Gasteiger partial charge in [0.15, 0.2) is 0 Å². The lowest BCUT2D eigenvalue weighted by molar-refractivity contribution is -0.128. The molecule has 0 saturated carbocycles. The fourth-order valence-electron chi connectivity index (χ4n) is 2.23. The summed E-state index contributed by atoms with van der Waals surface area (Å²) in [4.78, 5) is 16.2. The fourth-order valence-corrected chi connectivity index (χ4v) is 2.43. The summed E-state index contributed by atoms with van der Waals surface area (Å²) < 4.78 is 0. The van der Waals surface area contributed by atoms with Crippen LogP contribution in [0.1, 0.15) is 5.56 Å². The number of rotatable bonds is 4. The van der Waals surface area contributed by atoms with Crippen molar-refractivity contribution in [2.24, 2.45) is 0 Å². The fraction of sp³-hybridized carbons (Fsp3) is 0.375. The Balaban J connectivity index is 1.95. The normalized spacial score (nSPS) is 16.2. The van der Waals surface area contributed by atoms with Gasteiger partial charge in [0.1, 0.15) is 11.6 Å². The molecule has 1 heterocycles. The Morgan fingerprint density at radius 2 is 2.05 bits per heavy atom. The largest absolute Gasteiger partial charge is 0.386 e. The lowest BCUT2D eigenvalue weighted by Crippen LogP contribution is -2.47. The molecule has 5 nitrogen and oxygen atoms in total. The molecule has 0 unspecified atom stereocenters. The first kappa shape index (κ1) is 16.3. The number of piperazine rings is 1. The molecule has 1 N–H and O–H groups in total. The van der Waals surface area contributed by atoms with Crippen molar-refractivity contribution in [1.29, 1.82) is 5.26 Å². The Labute approximate surface area is 135 Å². The predicted octanol–water partition coefficient (Wildman–Crippen LogP) is 1.61. The summed E-state index contributed by atoms with van der Waals surface area (Å²) in [6.07, 6.45) is 1.48. The van der Waals surface area contributed by atoms with Gasteiger partial charge in [-0.1, -0.05) is 29.8 Å². The zero-order valence-electron chi connectivity index (χ0n) is 12.6. The average molecular weight is 319 g/mol. The van der Waals surface area contributed by atoms with Gasteiger partial charge in [0.2, 0.25) is 0 Å². The molecular weight excluding hydrogens is 300 g/mol. The van der Waals surface area contributed by atoms with Crippen molar-refractivity contribution < 1.29 is 4.79 Å². The molecule has 1 aromatic carbocycles. The average Bonchev–Trinajstić information content (AvgIpc) is 2.53. The third kappa shape index (κ3) is 4.23. The van der Waals surface area contributed by atoms with E-state index < -0.39 is 0 Å². The summed E-state index contributed by atoms with van der Waals surface area (Å²) in [5.74, 6) is -0.220. The molecule has 1 saturated heterocycles. The molecule has 0 aliphatic carbocycles. The van der Waals surface area contributed by atoms with E-state index in [0.717, 1.165) is 18.7 Å². The number of nitrogens with one attached hydrogen (secondary N) is 1. The van der Waals surface area contributed by atoms with Gasteiger partial charge in [-0.15, -0.1) is 0 Å². The number of nitrogens with zero attached hydrogens (tertiary/aromatic N) is 3. The molecule has 0 atom stereocenters. The van der Waals surface area contributed by atoms with Crippen molar-refractivity contribution >= 4 is 17.5 Å². The van der Waals surface area contributed by atoms with Crippen molar-refractivity contribution in [3.05, 3.63) is 46.6 Å².